The zero-order valence-corrected chi connectivity index (χ0v) is 14.2. The Hall–Kier alpha value is -3.68. The van der Waals surface area contributed by atoms with Crippen molar-refractivity contribution >= 4 is 28.2 Å². The van der Waals surface area contributed by atoms with Gasteiger partial charge in [-0.2, -0.15) is 4.98 Å². The molecule has 3 aromatic heterocycles. The van der Waals surface area contributed by atoms with Gasteiger partial charge in [0, 0.05) is 17.1 Å². The first-order valence-corrected chi connectivity index (χ1v) is 7.95. The Kier molecular flexibility index (Phi) is 3.85. The summed E-state index contributed by atoms with van der Waals surface area (Å²) in [5.74, 6) is 2.36. The van der Waals surface area contributed by atoms with Gasteiger partial charge >= 0.3 is 0 Å². The minimum absolute atomic E-state index is 0.235. The number of nitrogens with one attached hydrogen (secondary N) is 1. The van der Waals surface area contributed by atoms with Crippen LogP contribution in [0.5, 0.6) is 11.6 Å². The lowest BCUT2D eigenvalue weighted by molar-refractivity contribution is 0.400. The van der Waals surface area contributed by atoms with E-state index in [0.717, 1.165) is 16.6 Å². The largest absolute Gasteiger partial charge is 0.435 e. The third kappa shape index (κ3) is 3.00. The molecular weight excluding hydrogens is 332 g/mol. The van der Waals surface area contributed by atoms with Crippen LogP contribution in [0.3, 0.4) is 0 Å². The van der Waals surface area contributed by atoms with E-state index in [2.05, 4.69) is 25.4 Å². The van der Waals surface area contributed by atoms with Crippen LogP contribution < -0.4 is 15.8 Å². The van der Waals surface area contributed by atoms with Gasteiger partial charge < -0.3 is 20.3 Å². The van der Waals surface area contributed by atoms with Crippen LogP contribution in [0.15, 0.2) is 47.2 Å². The van der Waals surface area contributed by atoms with Crippen LogP contribution >= 0.6 is 0 Å². The van der Waals surface area contributed by atoms with Crippen molar-refractivity contribution in [2.75, 3.05) is 11.1 Å². The molecule has 3 heterocycles. The molecule has 0 bridgehead atoms. The van der Waals surface area contributed by atoms with E-state index < -0.39 is 0 Å². The highest BCUT2D eigenvalue weighted by atomic mass is 16.5. The van der Waals surface area contributed by atoms with E-state index in [4.69, 9.17) is 15.0 Å². The average molecular weight is 348 g/mol. The Morgan fingerprint density at radius 3 is 2.81 bits per heavy atom. The number of pyridine rings is 1. The lowest BCUT2D eigenvalue weighted by Gasteiger charge is -2.11. The Bertz CT molecular complexity index is 1090. The fourth-order valence-corrected chi connectivity index (χ4v) is 2.51. The van der Waals surface area contributed by atoms with E-state index in [0.29, 0.717) is 23.1 Å². The van der Waals surface area contributed by atoms with Gasteiger partial charge in [0.15, 0.2) is 17.4 Å². The van der Waals surface area contributed by atoms with Gasteiger partial charge in [0.25, 0.3) is 0 Å². The molecule has 0 fully saturated rings. The van der Waals surface area contributed by atoms with Gasteiger partial charge in [0.1, 0.15) is 23.3 Å². The number of benzene rings is 1. The van der Waals surface area contributed by atoms with Crippen LogP contribution in [0.2, 0.25) is 0 Å². The molecule has 3 N–H and O–H groups in total. The molecule has 4 aromatic rings. The molecule has 130 valence electrons. The summed E-state index contributed by atoms with van der Waals surface area (Å²) in [7, 11) is 0. The molecule has 0 unspecified atom stereocenters. The van der Waals surface area contributed by atoms with E-state index in [-0.39, 0.29) is 11.6 Å². The highest BCUT2D eigenvalue weighted by Gasteiger charge is 2.14. The number of anilines is 3. The van der Waals surface area contributed by atoms with E-state index >= 15 is 0 Å². The van der Waals surface area contributed by atoms with Crippen LogP contribution in [0, 0.1) is 13.8 Å². The third-order valence-corrected chi connectivity index (χ3v) is 3.75. The summed E-state index contributed by atoms with van der Waals surface area (Å²) in [4.78, 5) is 12.8. The molecular formula is C18H16N6O2. The van der Waals surface area contributed by atoms with Gasteiger partial charge in [-0.05, 0) is 26.0 Å². The second-order valence-corrected chi connectivity index (χ2v) is 5.77. The molecule has 0 radical (unpaired) electrons. The standard InChI is InChI=1S/C18H16N6O2/c1-10-6-7-12-4-3-5-13(16(12)22-10)25-18-15(19)17(20-9-21-18)23-14-8-11(2)26-24-14/h3-9H,19H2,1-2H3,(H,20,21,23,24). The molecule has 0 saturated heterocycles. The summed E-state index contributed by atoms with van der Waals surface area (Å²) in [5.41, 5.74) is 8.07. The number of ether oxygens (including phenoxy) is 1. The highest BCUT2D eigenvalue weighted by Crippen LogP contribution is 2.33. The Labute approximate surface area is 149 Å². The Balaban J connectivity index is 1.69. The summed E-state index contributed by atoms with van der Waals surface area (Å²) in [6.45, 7) is 3.72. The number of hydrogen-bond acceptors (Lipinski definition) is 8. The molecule has 8 nitrogen and oxygen atoms in total. The SMILES string of the molecule is Cc1ccc2cccc(Oc3ncnc(Nc4cc(C)on4)c3N)c2n1. The van der Waals surface area contributed by atoms with Crippen molar-refractivity contribution in [2.24, 2.45) is 0 Å². The minimum atomic E-state index is 0.235. The van der Waals surface area contributed by atoms with Gasteiger partial charge in [-0.3, -0.25) is 0 Å². The fourth-order valence-electron chi connectivity index (χ4n) is 2.51. The molecule has 1 aromatic carbocycles. The lowest BCUT2D eigenvalue weighted by atomic mass is 10.2. The number of fused-ring (bicyclic) bond motifs is 1. The second kappa shape index (κ2) is 6.32. The maximum Gasteiger partial charge on any atom is 0.248 e. The summed E-state index contributed by atoms with van der Waals surface area (Å²) >= 11 is 0. The lowest BCUT2D eigenvalue weighted by Crippen LogP contribution is -2.03. The minimum Gasteiger partial charge on any atom is -0.435 e. The predicted octanol–water partition coefficient (Wildman–Crippen LogP) is 3.75. The number of nitrogens with two attached hydrogens (primary N) is 1. The van der Waals surface area contributed by atoms with Gasteiger partial charge in [-0.15, -0.1) is 0 Å². The van der Waals surface area contributed by atoms with Crippen LogP contribution in [0.25, 0.3) is 10.9 Å². The molecule has 0 aliphatic rings. The number of aromatic nitrogens is 4. The first kappa shape index (κ1) is 15.8. The number of rotatable bonds is 4. The van der Waals surface area contributed by atoms with Crippen molar-refractivity contribution in [3.63, 3.8) is 0 Å². The zero-order chi connectivity index (χ0) is 18.1. The zero-order valence-electron chi connectivity index (χ0n) is 14.2. The molecule has 0 atom stereocenters. The maximum absolute atomic E-state index is 6.17. The van der Waals surface area contributed by atoms with Crippen LogP contribution in [-0.4, -0.2) is 20.1 Å². The third-order valence-electron chi connectivity index (χ3n) is 3.75. The molecule has 26 heavy (non-hydrogen) atoms. The van der Waals surface area contributed by atoms with Gasteiger partial charge in [0.2, 0.25) is 5.88 Å². The van der Waals surface area contributed by atoms with Crippen LogP contribution in [0.1, 0.15) is 11.5 Å². The summed E-state index contributed by atoms with van der Waals surface area (Å²) in [5, 5.41) is 7.82. The molecule has 8 heteroatoms. The van der Waals surface area contributed by atoms with E-state index in [1.807, 2.05) is 37.3 Å². The van der Waals surface area contributed by atoms with Gasteiger partial charge in [-0.25, -0.2) is 9.97 Å². The van der Waals surface area contributed by atoms with Crippen LogP contribution in [0.4, 0.5) is 17.3 Å². The van der Waals surface area contributed by atoms with E-state index in [1.54, 1.807) is 13.0 Å². The normalized spacial score (nSPS) is 10.8. The second-order valence-electron chi connectivity index (χ2n) is 5.77. The summed E-state index contributed by atoms with van der Waals surface area (Å²) in [6, 6.07) is 11.4. The van der Waals surface area contributed by atoms with E-state index in [9.17, 15) is 0 Å². The monoisotopic (exact) mass is 348 g/mol. The van der Waals surface area contributed by atoms with Crippen LogP contribution in [-0.2, 0) is 0 Å². The predicted molar refractivity (Wildman–Crippen MR) is 97.5 cm³/mol. The Morgan fingerprint density at radius 2 is 2.00 bits per heavy atom. The average Bonchev–Trinajstić information content (AvgIpc) is 3.04. The summed E-state index contributed by atoms with van der Waals surface area (Å²) < 4.78 is 11.0. The van der Waals surface area contributed by atoms with Crippen molar-refractivity contribution in [2.45, 2.75) is 13.8 Å². The van der Waals surface area contributed by atoms with Crippen molar-refractivity contribution in [1.82, 2.24) is 20.1 Å². The topological polar surface area (TPSA) is 112 Å². The number of nitrogens with zero attached hydrogens (tertiary/aromatic N) is 4. The number of hydrogen-bond donors (Lipinski definition) is 2. The van der Waals surface area contributed by atoms with Gasteiger partial charge in [0.05, 0.1) is 0 Å². The van der Waals surface area contributed by atoms with Crippen molar-refractivity contribution in [3.8, 4) is 11.6 Å². The summed E-state index contributed by atoms with van der Waals surface area (Å²) in [6.07, 6.45) is 1.37. The number of aryl methyl sites for hydroxylation is 2. The Morgan fingerprint density at radius 1 is 1.12 bits per heavy atom. The van der Waals surface area contributed by atoms with Gasteiger partial charge in [-0.1, -0.05) is 23.4 Å². The maximum atomic E-state index is 6.17. The molecule has 4 rings (SSSR count). The van der Waals surface area contributed by atoms with E-state index in [1.165, 1.54) is 6.33 Å². The molecule has 0 amide bonds. The first-order chi connectivity index (χ1) is 12.6. The number of para-hydroxylation sites is 1. The fraction of sp³-hybridized carbons (Fsp3) is 0.111. The molecule has 0 aliphatic heterocycles. The quantitative estimate of drug-likeness (QED) is 0.573. The highest BCUT2D eigenvalue weighted by molar-refractivity contribution is 5.85. The number of nitrogen functional groups attached to an aromatic ring is 1. The van der Waals surface area contributed by atoms with Crippen molar-refractivity contribution in [3.05, 3.63) is 54.2 Å². The molecule has 0 spiro atoms. The van der Waals surface area contributed by atoms with Crippen molar-refractivity contribution < 1.29 is 9.26 Å². The molecule has 0 aliphatic carbocycles. The van der Waals surface area contributed by atoms with Crippen molar-refractivity contribution in [1.29, 1.82) is 0 Å². The molecule has 0 saturated carbocycles. The first-order valence-electron chi connectivity index (χ1n) is 7.95. The smallest absolute Gasteiger partial charge is 0.248 e.